The highest BCUT2D eigenvalue weighted by Gasteiger charge is 2.34. The SMILES string of the molecule is Nc1ccc2c(c1)C=C(CC(=O)N1CCC[C@H]1C(=O)O)C2. The van der Waals surface area contributed by atoms with Crippen LogP contribution in [0.1, 0.15) is 30.4 Å². The Balaban J connectivity index is 1.69. The highest BCUT2D eigenvalue weighted by molar-refractivity contribution is 5.87. The van der Waals surface area contributed by atoms with Crippen LogP contribution >= 0.6 is 0 Å². The van der Waals surface area contributed by atoms with Gasteiger partial charge in [0.1, 0.15) is 6.04 Å². The molecule has 0 unspecified atom stereocenters. The summed E-state index contributed by atoms with van der Waals surface area (Å²) in [4.78, 5) is 25.0. The molecular formula is C16H18N2O3. The Morgan fingerprint density at radius 3 is 2.95 bits per heavy atom. The van der Waals surface area contributed by atoms with Crippen molar-refractivity contribution in [1.82, 2.24) is 4.90 Å². The number of carboxylic acids is 1. The van der Waals surface area contributed by atoms with Crippen molar-refractivity contribution < 1.29 is 14.7 Å². The first-order valence-corrected chi connectivity index (χ1v) is 7.15. The van der Waals surface area contributed by atoms with E-state index < -0.39 is 12.0 Å². The standard InChI is InChI=1S/C16H18N2O3/c17-13-4-3-11-6-10(7-12(11)9-13)8-15(19)18-5-1-2-14(18)16(20)21/h3-4,7,9,14H,1-2,5-6,8,17H2,(H,20,21)/t14-/m0/s1. The quantitative estimate of drug-likeness (QED) is 0.828. The van der Waals surface area contributed by atoms with Gasteiger partial charge >= 0.3 is 5.97 Å². The Bertz CT molecular complexity index is 636. The lowest BCUT2D eigenvalue weighted by Crippen LogP contribution is -2.40. The van der Waals surface area contributed by atoms with E-state index in [1.807, 2.05) is 24.3 Å². The molecule has 110 valence electrons. The number of benzene rings is 1. The monoisotopic (exact) mass is 286 g/mol. The third-order valence-electron chi connectivity index (χ3n) is 4.18. The van der Waals surface area contributed by atoms with Crippen LogP contribution in [-0.2, 0) is 16.0 Å². The molecule has 1 saturated heterocycles. The van der Waals surface area contributed by atoms with Gasteiger partial charge in [0.2, 0.25) is 5.91 Å². The molecule has 1 atom stereocenters. The normalized spacial score (nSPS) is 20.3. The number of nitrogens with two attached hydrogens (primary N) is 1. The zero-order chi connectivity index (χ0) is 15.0. The molecule has 1 aromatic carbocycles. The number of nitrogen functional groups attached to an aromatic ring is 1. The lowest BCUT2D eigenvalue weighted by molar-refractivity contribution is -0.147. The topological polar surface area (TPSA) is 83.6 Å². The van der Waals surface area contributed by atoms with Gasteiger partial charge in [-0.1, -0.05) is 17.7 Å². The average Bonchev–Trinajstić information content (AvgIpc) is 3.03. The molecule has 5 heteroatoms. The van der Waals surface area contributed by atoms with Crippen LogP contribution in [0.2, 0.25) is 0 Å². The summed E-state index contributed by atoms with van der Waals surface area (Å²) in [7, 11) is 0. The Kier molecular flexibility index (Phi) is 3.41. The fraction of sp³-hybridized carbons (Fsp3) is 0.375. The van der Waals surface area contributed by atoms with Crippen LogP contribution in [-0.4, -0.2) is 34.5 Å². The number of fused-ring (bicyclic) bond motifs is 1. The second-order valence-electron chi connectivity index (χ2n) is 5.70. The summed E-state index contributed by atoms with van der Waals surface area (Å²) in [6.07, 6.45) is 4.34. The van der Waals surface area contributed by atoms with E-state index >= 15 is 0 Å². The summed E-state index contributed by atoms with van der Waals surface area (Å²) < 4.78 is 0. The van der Waals surface area contributed by atoms with Crippen molar-refractivity contribution in [2.45, 2.75) is 31.7 Å². The van der Waals surface area contributed by atoms with Crippen molar-refractivity contribution in [3.05, 3.63) is 34.9 Å². The van der Waals surface area contributed by atoms with Gasteiger partial charge in [0, 0.05) is 18.7 Å². The van der Waals surface area contributed by atoms with Crippen LogP contribution in [0.15, 0.2) is 23.8 Å². The van der Waals surface area contributed by atoms with Crippen molar-refractivity contribution in [2.24, 2.45) is 0 Å². The number of rotatable bonds is 3. The third kappa shape index (κ3) is 2.63. The summed E-state index contributed by atoms with van der Waals surface area (Å²) in [5, 5.41) is 9.14. The van der Waals surface area contributed by atoms with Gasteiger partial charge in [0.25, 0.3) is 0 Å². The van der Waals surface area contributed by atoms with E-state index in [0.717, 1.165) is 24.0 Å². The third-order valence-corrected chi connectivity index (χ3v) is 4.18. The van der Waals surface area contributed by atoms with Gasteiger partial charge in [0.05, 0.1) is 0 Å². The number of hydrogen-bond donors (Lipinski definition) is 2. The number of aliphatic carboxylic acids is 1. The van der Waals surface area contributed by atoms with Crippen molar-refractivity contribution >= 4 is 23.6 Å². The predicted octanol–water partition coefficient (Wildman–Crippen LogP) is 1.67. The summed E-state index contributed by atoms with van der Waals surface area (Å²) in [5.41, 5.74) is 9.73. The zero-order valence-corrected chi connectivity index (χ0v) is 11.7. The molecule has 2 aliphatic rings. The maximum atomic E-state index is 12.3. The van der Waals surface area contributed by atoms with Crippen LogP contribution in [0.25, 0.3) is 6.08 Å². The number of amides is 1. The first-order chi connectivity index (χ1) is 10.0. The van der Waals surface area contributed by atoms with Gasteiger partial charge in [0.15, 0.2) is 0 Å². The minimum atomic E-state index is -0.905. The second kappa shape index (κ2) is 5.24. The van der Waals surface area contributed by atoms with Crippen molar-refractivity contribution in [3.8, 4) is 0 Å². The molecular weight excluding hydrogens is 268 g/mol. The fourth-order valence-corrected chi connectivity index (χ4v) is 3.16. The molecule has 3 rings (SSSR count). The summed E-state index contributed by atoms with van der Waals surface area (Å²) in [6.45, 7) is 0.545. The molecule has 21 heavy (non-hydrogen) atoms. The lowest BCUT2D eigenvalue weighted by Gasteiger charge is -2.21. The van der Waals surface area contributed by atoms with E-state index in [1.165, 1.54) is 10.5 Å². The molecule has 0 saturated carbocycles. The first-order valence-electron chi connectivity index (χ1n) is 7.15. The number of anilines is 1. The Morgan fingerprint density at radius 1 is 1.38 bits per heavy atom. The molecule has 0 aromatic heterocycles. The van der Waals surface area contributed by atoms with Gasteiger partial charge < -0.3 is 15.7 Å². The van der Waals surface area contributed by atoms with Crippen LogP contribution < -0.4 is 5.73 Å². The van der Waals surface area contributed by atoms with E-state index in [4.69, 9.17) is 10.8 Å². The highest BCUT2D eigenvalue weighted by Crippen LogP contribution is 2.29. The van der Waals surface area contributed by atoms with Gasteiger partial charge in [-0.15, -0.1) is 0 Å². The van der Waals surface area contributed by atoms with Gasteiger partial charge in [-0.2, -0.15) is 0 Å². The van der Waals surface area contributed by atoms with Gasteiger partial charge in [-0.3, -0.25) is 4.79 Å². The molecule has 3 N–H and O–H groups in total. The van der Waals surface area contributed by atoms with Crippen LogP contribution in [0.3, 0.4) is 0 Å². The fourth-order valence-electron chi connectivity index (χ4n) is 3.16. The summed E-state index contributed by atoms with van der Waals surface area (Å²) in [5.74, 6) is -0.996. The number of hydrogen-bond acceptors (Lipinski definition) is 3. The minimum Gasteiger partial charge on any atom is -0.480 e. The molecule has 1 aliphatic heterocycles. The molecule has 5 nitrogen and oxygen atoms in total. The van der Waals surface area contributed by atoms with Crippen LogP contribution in [0, 0.1) is 0 Å². The van der Waals surface area contributed by atoms with Crippen LogP contribution in [0.4, 0.5) is 5.69 Å². The second-order valence-corrected chi connectivity index (χ2v) is 5.70. The van der Waals surface area contributed by atoms with Gasteiger partial charge in [-0.25, -0.2) is 4.79 Å². The van der Waals surface area contributed by atoms with E-state index in [1.54, 1.807) is 0 Å². The molecule has 1 aromatic rings. The van der Waals surface area contributed by atoms with E-state index in [2.05, 4.69) is 0 Å². The number of carboxylic acid groups (broad SMARTS) is 1. The lowest BCUT2D eigenvalue weighted by atomic mass is 10.1. The highest BCUT2D eigenvalue weighted by atomic mass is 16.4. The van der Waals surface area contributed by atoms with Crippen molar-refractivity contribution in [1.29, 1.82) is 0 Å². The number of carbonyl (C=O) groups is 2. The molecule has 1 aliphatic carbocycles. The Morgan fingerprint density at radius 2 is 2.19 bits per heavy atom. The number of likely N-dealkylation sites (tertiary alicyclic amines) is 1. The summed E-state index contributed by atoms with van der Waals surface area (Å²) >= 11 is 0. The summed E-state index contributed by atoms with van der Waals surface area (Å²) in [6, 6.07) is 5.09. The molecule has 1 fully saturated rings. The largest absolute Gasteiger partial charge is 0.480 e. The van der Waals surface area contributed by atoms with Crippen molar-refractivity contribution in [3.63, 3.8) is 0 Å². The minimum absolute atomic E-state index is 0.0908. The van der Waals surface area contributed by atoms with Gasteiger partial charge in [-0.05, 0) is 42.5 Å². The smallest absolute Gasteiger partial charge is 0.326 e. The number of nitrogens with zero attached hydrogens (tertiary/aromatic N) is 1. The zero-order valence-electron chi connectivity index (χ0n) is 11.7. The maximum Gasteiger partial charge on any atom is 0.326 e. The van der Waals surface area contributed by atoms with E-state index in [-0.39, 0.29) is 5.91 Å². The maximum absolute atomic E-state index is 12.3. The first kappa shape index (κ1) is 13.7. The molecule has 0 bridgehead atoms. The van der Waals surface area contributed by atoms with Crippen LogP contribution in [0.5, 0.6) is 0 Å². The molecule has 1 heterocycles. The predicted molar refractivity (Wildman–Crippen MR) is 79.5 cm³/mol. The number of carbonyl (C=O) groups excluding carboxylic acids is 1. The average molecular weight is 286 g/mol. The molecule has 0 radical (unpaired) electrons. The Labute approximate surface area is 123 Å². The van der Waals surface area contributed by atoms with E-state index in [9.17, 15) is 9.59 Å². The van der Waals surface area contributed by atoms with Crippen molar-refractivity contribution in [2.75, 3.05) is 12.3 Å². The Hall–Kier alpha value is -2.30. The van der Waals surface area contributed by atoms with E-state index in [0.29, 0.717) is 25.1 Å². The molecule has 1 amide bonds. The molecule has 0 spiro atoms.